The summed E-state index contributed by atoms with van der Waals surface area (Å²) in [6.07, 6.45) is 1.56. The summed E-state index contributed by atoms with van der Waals surface area (Å²) in [6, 6.07) is 17.6. The van der Waals surface area contributed by atoms with Crippen molar-refractivity contribution in [3.05, 3.63) is 66.9 Å². The molecule has 2 heterocycles. The number of hydrogen-bond acceptors (Lipinski definition) is 7. The molecule has 2 aromatic carbocycles. The molecule has 0 bridgehead atoms. The first kappa shape index (κ1) is 21.9. The van der Waals surface area contributed by atoms with Gasteiger partial charge in [0.25, 0.3) is 0 Å². The van der Waals surface area contributed by atoms with Crippen LogP contribution in [0.5, 0.6) is 11.8 Å². The number of hydrogen-bond donors (Lipinski definition) is 2. The molecule has 0 radical (unpaired) electrons. The molecule has 0 aliphatic rings. The fourth-order valence-electron chi connectivity index (χ4n) is 3.03. The van der Waals surface area contributed by atoms with Gasteiger partial charge in [-0.2, -0.15) is 4.98 Å². The summed E-state index contributed by atoms with van der Waals surface area (Å²) in [6.45, 7) is 0.719. The molecule has 170 valence electrons. The molecule has 4 aromatic rings. The first-order chi connectivity index (χ1) is 16.2. The van der Waals surface area contributed by atoms with Gasteiger partial charge >= 0.3 is 12.0 Å². The second-order valence-corrected chi connectivity index (χ2v) is 6.81. The van der Waals surface area contributed by atoms with Gasteiger partial charge in [0.15, 0.2) is 5.76 Å². The number of carbonyl (C=O) groups excluding carboxylic acids is 1. The van der Waals surface area contributed by atoms with E-state index in [1.54, 1.807) is 79.8 Å². The standard InChI is InChI=1S/C23H23N5O5/c1-30-12-13-33-23-26-21(20-10-5-11-32-20)28(27-23)18-8-3-6-16(14-18)24-22(29)25-17-7-4-9-19(15-17)31-2/h3-11,14-15H,12-13H2,1-2H3,(H2,24,25,29). The molecule has 2 aromatic heterocycles. The summed E-state index contributed by atoms with van der Waals surface area (Å²) in [5, 5.41) is 10.0. The van der Waals surface area contributed by atoms with Crippen molar-refractivity contribution >= 4 is 17.4 Å². The summed E-state index contributed by atoms with van der Waals surface area (Å²) < 4.78 is 22.9. The van der Waals surface area contributed by atoms with Crippen molar-refractivity contribution in [2.45, 2.75) is 0 Å². The lowest BCUT2D eigenvalue weighted by molar-refractivity contribution is 0.141. The number of nitrogens with one attached hydrogen (secondary N) is 2. The van der Waals surface area contributed by atoms with Crippen molar-refractivity contribution in [1.29, 1.82) is 0 Å². The lowest BCUT2D eigenvalue weighted by Gasteiger charge is -2.10. The highest BCUT2D eigenvalue weighted by atomic mass is 16.5. The Morgan fingerprint density at radius 2 is 1.79 bits per heavy atom. The highest BCUT2D eigenvalue weighted by Gasteiger charge is 2.17. The zero-order chi connectivity index (χ0) is 23.0. The quantitative estimate of drug-likeness (QED) is 0.368. The van der Waals surface area contributed by atoms with E-state index >= 15 is 0 Å². The van der Waals surface area contributed by atoms with E-state index in [-0.39, 0.29) is 6.01 Å². The lowest BCUT2D eigenvalue weighted by atomic mass is 10.2. The number of ether oxygens (including phenoxy) is 3. The normalized spacial score (nSPS) is 10.6. The molecule has 2 amide bonds. The molecule has 33 heavy (non-hydrogen) atoms. The van der Waals surface area contributed by atoms with Crippen molar-refractivity contribution in [2.24, 2.45) is 0 Å². The molecule has 2 N–H and O–H groups in total. The van der Waals surface area contributed by atoms with Crippen LogP contribution in [0.4, 0.5) is 16.2 Å². The van der Waals surface area contributed by atoms with Crippen molar-refractivity contribution in [3.63, 3.8) is 0 Å². The number of aromatic nitrogens is 3. The number of rotatable bonds is 9. The van der Waals surface area contributed by atoms with Gasteiger partial charge in [0.2, 0.25) is 5.82 Å². The summed E-state index contributed by atoms with van der Waals surface area (Å²) in [5.41, 5.74) is 1.84. The number of anilines is 2. The second-order valence-electron chi connectivity index (χ2n) is 6.81. The van der Waals surface area contributed by atoms with Crippen LogP contribution in [-0.2, 0) is 4.74 Å². The molecule has 0 fully saturated rings. The fraction of sp³-hybridized carbons (Fsp3) is 0.174. The SMILES string of the molecule is COCCOc1nc(-c2ccco2)n(-c2cccc(NC(=O)Nc3cccc(OC)c3)c2)n1. The first-order valence-corrected chi connectivity index (χ1v) is 10.1. The maximum absolute atomic E-state index is 12.5. The predicted octanol–water partition coefficient (Wildman–Crippen LogP) is 4.21. The zero-order valence-electron chi connectivity index (χ0n) is 18.1. The van der Waals surface area contributed by atoms with Crippen LogP contribution in [0.15, 0.2) is 71.3 Å². The van der Waals surface area contributed by atoms with Crippen molar-refractivity contribution in [3.8, 4) is 29.0 Å². The van der Waals surface area contributed by atoms with Crippen LogP contribution >= 0.6 is 0 Å². The number of carbonyl (C=O) groups is 1. The Kier molecular flexibility index (Phi) is 6.86. The molecule has 10 heteroatoms. The predicted molar refractivity (Wildman–Crippen MR) is 122 cm³/mol. The van der Waals surface area contributed by atoms with Gasteiger partial charge in [-0.3, -0.25) is 0 Å². The van der Waals surface area contributed by atoms with Crippen LogP contribution in [0.2, 0.25) is 0 Å². The van der Waals surface area contributed by atoms with Gasteiger partial charge in [0, 0.05) is 24.6 Å². The van der Waals surface area contributed by atoms with Gasteiger partial charge in [-0.05, 0) is 42.5 Å². The van der Waals surface area contributed by atoms with Crippen LogP contribution in [0.3, 0.4) is 0 Å². The topological polar surface area (TPSA) is 113 Å². The third-order valence-corrected chi connectivity index (χ3v) is 4.52. The van der Waals surface area contributed by atoms with Crippen LogP contribution < -0.4 is 20.1 Å². The molecule has 0 aliphatic carbocycles. The Morgan fingerprint density at radius 3 is 2.52 bits per heavy atom. The van der Waals surface area contributed by atoms with Crippen molar-refractivity contribution in [1.82, 2.24) is 14.8 Å². The number of urea groups is 1. The van der Waals surface area contributed by atoms with E-state index in [2.05, 4.69) is 20.7 Å². The molecular formula is C23H23N5O5. The smallest absolute Gasteiger partial charge is 0.336 e. The molecule has 0 atom stereocenters. The molecule has 0 saturated heterocycles. The van der Waals surface area contributed by atoms with E-state index in [4.69, 9.17) is 18.6 Å². The summed E-state index contributed by atoms with van der Waals surface area (Å²) >= 11 is 0. The van der Waals surface area contributed by atoms with Crippen molar-refractivity contribution in [2.75, 3.05) is 38.1 Å². The van der Waals surface area contributed by atoms with Crippen molar-refractivity contribution < 1.29 is 23.4 Å². The van der Waals surface area contributed by atoms with Gasteiger partial charge in [-0.15, -0.1) is 5.10 Å². The third-order valence-electron chi connectivity index (χ3n) is 4.52. The number of amides is 2. The van der Waals surface area contributed by atoms with Crippen LogP contribution in [0, 0.1) is 0 Å². The van der Waals surface area contributed by atoms with Gasteiger partial charge < -0.3 is 29.3 Å². The maximum atomic E-state index is 12.5. The number of benzene rings is 2. The molecule has 0 saturated carbocycles. The van der Waals surface area contributed by atoms with E-state index in [1.807, 2.05) is 6.07 Å². The van der Waals surface area contributed by atoms with Gasteiger partial charge in [0.05, 0.1) is 25.7 Å². The molecule has 4 rings (SSSR count). The van der Waals surface area contributed by atoms with E-state index in [9.17, 15) is 4.79 Å². The Labute approximate surface area is 190 Å². The minimum absolute atomic E-state index is 0.188. The molecule has 0 unspecified atom stereocenters. The lowest BCUT2D eigenvalue weighted by Crippen LogP contribution is -2.19. The van der Waals surface area contributed by atoms with Gasteiger partial charge in [-0.1, -0.05) is 12.1 Å². The third kappa shape index (κ3) is 5.49. The van der Waals surface area contributed by atoms with Crippen LogP contribution in [-0.4, -0.2) is 48.2 Å². The van der Waals surface area contributed by atoms with E-state index in [1.165, 1.54) is 0 Å². The zero-order valence-corrected chi connectivity index (χ0v) is 18.1. The second kappa shape index (κ2) is 10.3. The Morgan fingerprint density at radius 1 is 1.00 bits per heavy atom. The van der Waals surface area contributed by atoms with Crippen LogP contribution in [0.25, 0.3) is 17.3 Å². The van der Waals surface area contributed by atoms with E-state index in [0.29, 0.717) is 47.6 Å². The van der Waals surface area contributed by atoms with E-state index < -0.39 is 6.03 Å². The largest absolute Gasteiger partial charge is 0.497 e. The molecular weight excluding hydrogens is 426 g/mol. The maximum Gasteiger partial charge on any atom is 0.336 e. The average Bonchev–Trinajstić information content (AvgIpc) is 3.49. The Hall–Kier alpha value is -4.31. The van der Waals surface area contributed by atoms with Crippen LogP contribution in [0.1, 0.15) is 0 Å². The monoisotopic (exact) mass is 449 g/mol. The Balaban J connectivity index is 1.54. The summed E-state index contributed by atoms with van der Waals surface area (Å²) in [4.78, 5) is 16.9. The van der Waals surface area contributed by atoms with Gasteiger partial charge in [0.1, 0.15) is 12.4 Å². The van der Waals surface area contributed by atoms with Gasteiger partial charge in [-0.25, -0.2) is 9.48 Å². The first-order valence-electron chi connectivity index (χ1n) is 10.1. The average molecular weight is 449 g/mol. The molecule has 0 spiro atoms. The number of methoxy groups -OCH3 is 2. The van der Waals surface area contributed by atoms with E-state index in [0.717, 1.165) is 0 Å². The highest BCUT2D eigenvalue weighted by Crippen LogP contribution is 2.25. The highest BCUT2D eigenvalue weighted by molar-refractivity contribution is 6.00. The Bertz CT molecular complexity index is 1210. The number of furan rings is 1. The molecule has 0 aliphatic heterocycles. The minimum atomic E-state index is -0.395. The fourth-order valence-corrected chi connectivity index (χ4v) is 3.03. The molecule has 10 nitrogen and oxygen atoms in total. The summed E-state index contributed by atoms with van der Waals surface area (Å²) in [7, 11) is 3.16. The summed E-state index contributed by atoms with van der Waals surface area (Å²) in [5.74, 6) is 1.64. The number of nitrogens with zero attached hydrogens (tertiary/aromatic N) is 3. The minimum Gasteiger partial charge on any atom is -0.497 e.